The van der Waals surface area contributed by atoms with Gasteiger partial charge in [0.2, 0.25) is 10.0 Å². The summed E-state index contributed by atoms with van der Waals surface area (Å²) in [6.45, 7) is 7.89. The Morgan fingerprint density at radius 2 is 1.77 bits per heavy atom. The highest BCUT2D eigenvalue weighted by atomic mass is 32.2. The lowest BCUT2D eigenvalue weighted by atomic mass is 10.1. The zero-order valence-corrected chi connectivity index (χ0v) is 18.2. The van der Waals surface area contributed by atoms with Crippen molar-refractivity contribution in [1.29, 1.82) is 0 Å². The molecule has 9 heteroatoms. The van der Waals surface area contributed by atoms with E-state index in [1.54, 1.807) is 13.8 Å². The molecule has 1 aromatic heterocycles. The fraction of sp³-hybridized carbons (Fsp3) is 0.286. The summed E-state index contributed by atoms with van der Waals surface area (Å²) in [4.78, 5) is 10.5. The normalized spacial score (nSPS) is 11.6. The van der Waals surface area contributed by atoms with E-state index >= 15 is 0 Å². The molecule has 0 fully saturated rings. The van der Waals surface area contributed by atoms with Gasteiger partial charge in [-0.3, -0.25) is 14.8 Å². The second kappa shape index (κ2) is 8.37. The van der Waals surface area contributed by atoms with E-state index < -0.39 is 14.9 Å². The summed E-state index contributed by atoms with van der Waals surface area (Å²) in [6, 6.07) is 12.1. The number of nitro groups is 1. The maximum Gasteiger partial charge on any atom is 0.271 e. The molecule has 0 aliphatic carbocycles. The summed E-state index contributed by atoms with van der Waals surface area (Å²) in [5.41, 5.74) is 4.58. The third-order valence-electron chi connectivity index (χ3n) is 5.00. The minimum Gasteiger partial charge on any atom is -0.265 e. The molecule has 0 saturated heterocycles. The second-order valence-corrected chi connectivity index (χ2v) is 9.11. The van der Waals surface area contributed by atoms with Gasteiger partial charge in [-0.25, -0.2) is 13.1 Å². The topological polar surface area (TPSA) is 107 Å². The van der Waals surface area contributed by atoms with Crippen LogP contribution in [0.4, 0.5) is 5.69 Å². The molecule has 0 saturated carbocycles. The monoisotopic (exact) mass is 428 g/mol. The highest BCUT2D eigenvalue weighted by Crippen LogP contribution is 2.25. The molecule has 3 rings (SSSR count). The minimum absolute atomic E-state index is 0.0759. The number of nitro benzene ring substituents is 1. The fourth-order valence-corrected chi connectivity index (χ4v) is 4.65. The molecule has 3 aromatic rings. The third kappa shape index (κ3) is 4.74. The average Bonchev–Trinajstić information content (AvgIpc) is 2.99. The van der Waals surface area contributed by atoms with Crippen LogP contribution < -0.4 is 4.72 Å². The predicted octanol–water partition coefficient (Wildman–Crippen LogP) is 3.55. The Bertz CT molecular complexity index is 1220. The molecule has 0 bridgehead atoms. The number of nitrogens with zero attached hydrogens (tertiary/aromatic N) is 3. The van der Waals surface area contributed by atoms with Gasteiger partial charge in [0, 0.05) is 24.4 Å². The van der Waals surface area contributed by atoms with Gasteiger partial charge in [-0.15, -0.1) is 0 Å². The van der Waals surface area contributed by atoms with Crippen LogP contribution in [0.2, 0.25) is 0 Å². The summed E-state index contributed by atoms with van der Waals surface area (Å²) < 4.78 is 30.1. The number of hydrogen-bond acceptors (Lipinski definition) is 5. The zero-order valence-electron chi connectivity index (χ0n) is 17.3. The smallest absolute Gasteiger partial charge is 0.265 e. The summed E-state index contributed by atoms with van der Waals surface area (Å²) in [7, 11) is -3.91. The van der Waals surface area contributed by atoms with E-state index in [0.29, 0.717) is 17.7 Å². The van der Waals surface area contributed by atoms with Crippen molar-refractivity contribution in [1.82, 2.24) is 14.5 Å². The fourth-order valence-electron chi connectivity index (χ4n) is 3.30. The highest BCUT2D eigenvalue weighted by Gasteiger charge is 2.22. The number of non-ortho nitro benzene ring substituents is 1. The molecule has 30 heavy (non-hydrogen) atoms. The molecule has 8 nitrogen and oxygen atoms in total. The lowest BCUT2D eigenvalue weighted by Crippen LogP contribution is -2.24. The molecule has 0 amide bonds. The van der Waals surface area contributed by atoms with Crippen molar-refractivity contribution in [2.75, 3.05) is 0 Å². The Morgan fingerprint density at radius 1 is 1.07 bits per heavy atom. The molecule has 1 N–H and O–H groups in total. The van der Waals surface area contributed by atoms with Crippen molar-refractivity contribution in [2.45, 2.75) is 45.7 Å². The van der Waals surface area contributed by atoms with E-state index in [1.807, 2.05) is 48.9 Å². The van der Waals surface area contributed by atoms with Crippen molar-refractivity contribution in [3.63, 3.8) is 0 Å². The van der Waals surface area contributed by atoms with Crippen LogP contribution in [0.5, 0.6) is 0 Å². The highest BCUT2D eigenvalue weighted by molar-refractivity contribution is 7.89. The predicted molar refractivity (Wildman–Crippen MR) is 114 cm³/mol. The van der Waals surface area contributed by atoms with Gasteiger partial charge in [-0.2, -0.15) is 5.10 Å². The molecule has 0 aliphatic heterocycles. The van der Waals surface area contributed by atoms with Crippen LogP contribution in [0.1, 0.15) is 33.6 Å². The van der Waals surface area contributed by atoms with Gasteiger partial charge in [0.1, 0.15) is 0 Å². The standard InChI is InChI=1S/C21H24N4O4S/c1-14-8-20(25(26)27)11-21(17(14)4)30(28,29)22-12-18-6-5-7-19(10-18)13-24-16(3)9-15(2)23-24/h5-11,22H,12-13H2,1-4H3. The molecule has 2 aromatic carbocycles. The maximum absolute atomic E-state index is 12.8. The number of sulfonamides is 1. The molecule has 0 radical (unpaired) electrons. The van der Waals surface area contributed by atoms with Gasteiger partial charge in [0.15, 0.2) is 0 Å². The van der Waals surface area contributed by atoms with E-state index in [-0.39, 0.29) is 17.1 Å². The molecule has 158 valence electrons. The van der Waals surface area contributed by atoms with Gasteiger partial charge < -0.3 is 0 Å². The van der Waals surface area contributed by atoms with Gasteiger partial charge in [0.05, 0.1) is 22.1 Å². The SMILES string of the molecule is Cc1cc(C)n(Cc2cccc(CNS(=O)(=O)c3cc([N+](=O)[O-])cc(C)c3C)c2)n1. The summed E-state index contributed by atoms with van der Waals surface area (Å²) in [6.07, 6.45) is 0. The molecular weight excluding hydrogens is 404 g/mol. The van der Waals surface area contributed by atoms with Crippen LogP contribution in [0, 0.1) is 37.8 Å². The van der Waals surface area contributed by atoms with Gasteiger partial charge in [-0.1, -0.05) is 24.3 Å². The van der Waals surface area contributed by atoms with Crippen molar-refractivity contribution < 1.29 is 13.3 Å². The minimum atomic E-state index is -3.91. The number of rotatable bonds is 7. The van der Waals surface area contributed by atoms with Crippen molar-refractivity contribution >= 4 is 15.7 Å². The Balaban J connectivity index is 1.80. The first-order valence-corrected chi connectivity index (χ1v) is 10.9. The summed E-state index contributed by atoms with van der Waals surface area (Å²) >= 11 is 0. The third-order valence-corrected chi connectivity index (χ3v) is 6.53. The number of nitrogens with one attached hydrogen (secondary N) is 1. The number of hydrogen-bond donors (Lipinski definition) is 1. The lowest BCUT2D eigenvalue weighted by Gasteiger charge is -2.12. The quantitative estimate of drug-likeness (QED) is 0.457. The Kier molecular flexibility index (Phi) is 6.04. The average molecular weight is 429 g/mol. The van der Waals surface area contributed by atoms with Crippen LogP contribution in [0.25, 0.3) is 0 Å². The van der Waals surface area contributed by atoms with E-state index in [2.05, 4.69) is 9.82 Å². The van der Waals surface area contributed by atoms with Crippen LogP contribution in [0.3, 0.4) is 0 Å². The van der Waals surface area contributed by atoms with Crippen molar-refractivity contribution in [2.24, 2.45) is 0 Å². The van der Waals surface area contributed by atoms with Crippen LogP contribution >= 0.6 is 0 Å². The molecule has 0 atom stereocenters. The van der Waals surface area contributed by atoms with Gasteiger partial charge >= 0.3 is 0 Å². The van der Waals surface area contributed by atoms with Gasteiger partial charge in [0.25, 0.3) is 5.69 Å². The summed E-state index contributed by atoms with van der Waals surface area (Å²) in [5.74, 6) is 0. The Labute approximate surface area is 175 Å². The number of aryl methyl sites for hydroxylation is 3. The van der Waals surface area contributed by atoms with E-state index in [4.69, 9.17) is 0 Å². The number of benzene rings is 2. The number of aromatic nitrogens is 2. The van der Waals surface area contributed by atoms with Crippen molar-refractivity contribution in [3.8, 4) is 0 Å². The van der Waals surface area contributed by atoms with E-state index in [0.717, 1.165) is 28.6 Å². The lowest BCUT2D eigenvalue weighted by molar-refractivity contribution is -0.385. The molecule has 0 unspecified atom stereocenters. The van der Waals surface area contributed by atoms with E-state index in [1.165, 1.54) is 6.07 Å². The molecule has 0 spiro atoms. The largest absolute Gasteiger partial charge is 0.271 e. The Hall–Kier alpha value is -3.04. The zero-order chi connectivity index (χ0) is 22.1. The molecule has 1 heterocycles. The van der Waals surface area contributed by atoms with Gasteiger partial charge in [-0.05, 0) is 56.0 Å². The first-order valence-electron chi connectivity index (χ1n) is 9.41. The second-order valence-electron chi connectivity index (χ2n) is 7.37. The van der Waals surface area contributed by atoms with Crippen molar-refractivity contribution in [3.05, 3.63) is 86.2 Å². The van der Waals surface area contributed by atoms with Crippen LogP contribution in [-0.4, -0.2) is 23.1 Å². The maximum atomic E-state index is 12.8. The van der Waals surface area contributed by atoms with Crippen LogP contribution in [0.15, 0.2) is 47.4 Å². The van der Waals surface area contributed by atoms with Crippen LogP contribution in [-0.2, 0) is 23.1 Å². The molecule has 0 aliphatic rings. The van der Waals surface area contributed by atoms with E-state index in [9.17, 15) is 18.5 Å². The summed E-state index contributed by atoms with van der Waals surface area (Å²) in [5, 5.41) is 15.6. The first-order chi connectivity index (χ1) is 14.1. The molecular formula is C21H24N4O4S. The first kappa shape index (κ1) is 21.7. The Morgan fingerprint density at radius 3 is 2.40 bits per heavy atom.